The predicted octanol–water partition coefficient (Wildman–Crippen LogP) is 2.08. The number of aryl methyl sites for hydroxylation is 2. The number of tetrazole rings is 1. The summed E-state index contributed by atoms with van der Waals surface area (Å²) in [5, 5.41) is 10.9. The average Bonchev–Trinajstić information content (AvgIpc) is 3.00. The minimum absolute atomic E-state index is 0.260. The quantitative estimate of drug-likeness (QED) is 0.791. The molecule has 0 radical (unpaired) electrons. The molecule has 0 saturated heterocycles. The van der Waals surface area contributed by atoms with E-state index in [1.807, 2.05) is 13.0 Å². The molecule has 7 nitrogen and oxygen atoms in total. The van der Waals surface area contributed by atoms with Gasteiger partial charge in [0, 0.05) is 0 Å². The van der Waals surface area contributed by atoms with Crippen LogP contribution in [0.2, 0.25) is 0 Å². The molecule has 8 heteroatoms. The smallest absolute Gasteiger partial charge is 0.262 e. The number of hydrogen-bond donors (Lipinski definition) is 1. The number of nitrogens with one attached hydrogen (secondary N) is 1. The first kappa shape index (κ1) is 15.2. The summed E-state index contributed by atoms with van der Waals surface area (Å²) >= 11 is 0. The lowest BCUT2D eigenvalue weighted by atomic mass is 10.2. The van der Waals surface area contributed by atoms with E-state index in [9.17, 15) is 8.42 Å². The summed E-state index contributed by atoms with van der Waals surface area (Å²) in [4.78, 5) is 0.260. The highest BCUT2D eigenvalue weighted by Crippen LogP contribution is 2.21. The molecule has 1 aromatic heterocycles. The Balaban J connectivity index is 1.93. The molecule has 3 rings (SSSR count). The molecule has 0 aliphatic heterocycles. The second-order valence-corrected chi connectivity index (χ2v) is 6.83. The first-order chi connectivity index (χ1) is 11.0. The van der Waals surface area contributed by atoms with Crippen LogP contribution in [0.15, 0.2) is 53.7 Å². The summed E-state index contributed by atoms with van der Waals surface area (Å²) in [7, 11) is -3.66. The Kier molecular flexibility index (Phi) is 3.83. The lowest BCUT2D eigenvalue weighted by Crippen LogP contribution is -2.14. The molecule has 0 saturated carbocycles. The van der Waals surface area contributed by atoms with Gasteiger partial charge in [-0.25, -0.2) is 13.1 Å². The molecule has 3 aromatic rings. The summed E-state index contributed by atoms with van der Waals surface area (Å²) in [5.74, 6) is 0. The van der Waals surface area contributed by atoms with Crippen molar-refractivity contribution < 1.29 is 8.42 Å². The maximum Gasteiger partial charge on any atom is 0.262 e. The zero-order chi connectivity index (χ0) is 16.4. The number of sulfonamides is 1. The minimum Gasteiger partial charge on any atom is -0.280 e. The van der Waals surface area contributed by atoms with E-state index in [1.54, 1.807) is 43.3 Å². The third-order valence-electron chi connectivity index (χ3n) is 3.33. The van der Waals surface area contributed by atoms with Crippen LogP contribution in [0.3, 0.4) is 0 Å². The van der Waals surface area contributed by atoms with Gasteiger partial charge in [0.25, 0.3) is 10.0 Å². The molecule has 0 aliphatic carbocycles. The van der Waals surface area contributed by atoms with E-state index >= 15 is 0 Å². The van der Waals surface area contributed by atoms with Crippen LogP contribution >= 0.6 is 0 Å². The van der Waals surface area contributed by atoms with Crippen molar-refractivity contribution >= 4 is 15.7 Å². The van der Waals surface area contributed by atoms with Crippen LogP contribution in [0.25, 0.3) is 5.69 Å². The van der Waals surface area contributed by atoms with Crippen LogP contribution < -0.4 is 4.72 Å². The van der Waals surface area contributed by atoms with Gasteiger partial charge in [0.1, 0.15) is 6.33 Å². The van der Waals surface area contributed by atoms with Crippen molar-refractivity contribution in [2.45, 2.75) is 18.7 Å². The van der Waals surface area contributed by atoms with Crippen LogP contribution in [0.5, 0.6) is 0 Å². The van der Waals surface area contributed by atoms with Gasteiger partial charge in [-0.1, -0.05) is 23.8 Å². The third-order valence-corrected chi connectivity index (χ3v) is 4.87. The Hall–Kier alpha value is -2.74. The standard InChI is InChI=1S/C15H15N5O2S/c1-11-6-7-15(12(2)8-11)23(21,22)17-13-4-3-5-14(9-13)20-10-16-18-19-20/h3-10,17H,1-2H3. The highest BCUT2D eigenvalue weighted by Gasteiger charge is 2.17. The fourth-order valence-corrected chi connectivity index (χ4v) is 3.58. The molecule has 0 fully saturated rings. The van der Waals surface area contributed by atoms with Crippen LogP contribution in [-0.2, 0) is 10.0 Å². The van der Waals surface area contributed by atoms with Crippen LogP contribution in [0, 0.1) is 13.8 Å². The lowest BCUT2D eigenvalue weighted by Gasteiger charge is -2.11. The molecular formula is C15H15N5O2S. The molecule has 1 N–H and O–H groups in total. The number of nitrogens with zero attached hydrogens (tertiary/aromatic N) is 4. The van der Waals surface area contributed by atoms with Gasteiger partial charge in [0.2, 0.25) is 0 Å². The van der Waals surface area contributed by atoms with Gasteiger partial charge in [-0.2, -0.15) is 0 Å². The van der Waals surface area contributed by atoms with E-state index in [4.69, 9.17) is 0 Å². The average molecular weight is 329 g/mol. The first-order valence-corrected chi connectivity index (χ1v) is 8.37. The van der Waals surface area contributed by atoms with Crippen molar-refractivity contribution in [3.8, 4) is 5.69 Å². The van der Waals surface area contributed by atoms with Crippen molar-refractivity contribution in [2.75, 3.05) is 4.72 Å². The molecule has 0 atom stereocenters. The number of benzene rings is 2. The molecule has 0 spiro atoms. The third kappa shape index (κ3) is 3.21. The molecule has 0 bridgehead atoms. The lowest BCUT2D eigenvalue weighted by molar-refractivity contribution is 0.600. The molecule has 23 heavy (non-hydrogen) atoms. The van der Waals surface area contributed by atoms with Crippen LogP contribution in [-0.4, -0.2) is 28.6 Å². The summed E-state index contributed by atoms with van der Waals surface area (Å²) in [6.45, 7) is 3.70. The summed E-state index contributed by atoms with van der Waals surface area (Å²) < 4.78 is 29.2. The minimum atomic E-state index is -3.66. The van der Waals surface area contributed by atoms with Crippen molar-refractivity contribution in [3.05, 3.63) is 59.9 Å². The van der Waals surface area contributed by atoms with Crippen molar-refractivity contribution in [1.82, 2.24) is 20.2 Å². The molecule has 0 amide bonds. The SMILES string of the molecule is Cc1ccc(S(=O)(=O)Nc2cccc(-n3cnnn3)c2)c(C)c1. The molecule has 2 aromatic carbocycles. The highest BCUT2D eigenvalue weighted by atomic mass is 32.2. The van der Waals surface area contributed by atoms with Gasteiger partial charge < -0.3 is 0 Å². The van der Waals surface area contributed by atoms with E-state index in [0.29, 0.717) is 16.9 Å². The summed E-state index contributed by atoms with van der Waals surface area (Å²) in [6.07, 6.45) is 1.44. The fourth-order valence-electron chi connectivity index (χ4n) is 2.30. The number of rotatable bonds is 4. The van der Waals surface area contributed by atoms with Crippen molar-refractivity contribution in [2.24, 2.45) is 0 Å². The zero-order valence-electron chi connectivity index (χ0n) is 12.6. The normalized spacial score (nSPS) is 11.4. The summed E-state index contributed by atoms with van der Waals surface area (Å²) in [5.41, 5.74) is 2.82. The Bertz CT molecular complexity index is 936. The Morgan fingerprint density at radius 2 is 1.91 bits per heavy atom. The van der Waals surface area contributed by atoms with Gasteiger partial charge in [-0.15, -0.1) is 5.10 Å². The topological polar surface area (TPSA) is 89.8 Å². The maximum atomic E-state index is 12.6. The van der Waals surface area contributed by atoms with E-state index in [2.05, 4.69) is 20.2 Å². The van der Waals surface area contributed by atoms with Gasteiger partial charge in [0.15, 0.2) is 0 Å². The van der Waals surface area contributed by atoms with Crippen molar-refractivity contribution in [1.29, 1.82) is 0 Å². The van der Waals surface area contributed by atoms with Gasteiger partial charge >= 0.3 is 0 Å². The first-order valence-electron chi connectivity index (χ1n) is 6.89. The zero-order valence-corrected chi connectivity index (χ0v) is 13.4. The predicted molar refractivity (Wildman–Crippen MR) is 85.9 cm³/mol. The fraction of sp³-hybridized carbons (Fsp3) is 0.133. The largest absolute Gasteiger partial charge is 0.280 e. The number of aromatic nitrogens is 4. The second-order valence-electron chi connectivity index (χ2n) is 5.18. The monoisotopic (exact) mass is 329 g/mol. The second kappa shape index (κ2) is 5.81. The molecule has 0 aliphatic rings. The Morgan fingerprint density at radius 1 is 1.09 bits per heavy atom. The number of hydrogen-bond acceptors (Lipinski definition) is 5. The molecule has 118 valence electrons. The molecule has 0 unspecified atom stereocenters. The number of anilines is 1. The molecular weight excluding hydrogens is 314 g/mol. The van der Waals surface area contributed by atoms with Crippen molar-refractivity contribution in [3.63, 3.8) is 0 Å². The van der Waals surface area contributed by atoms with Gasteiger partial charge in [0.05, 0.1) is 16.3 Å². The van der Waals surface area contributed by atoms with E-state index in [1.165, 1.54) is 11.0 Å². The Morgan fingerprint density at radius 3 is 2.61 bits per heavy atom. The highest BCUT2D eigenvalue weighted by molar-refractivity contribution is 7.92. The maximum absolute atomic E-state index is 12.6. The van der Waals surface area contributed by atoms with E-state index in [-0.39, 0.29) is 4.90 Å². The van der Waals surface area contributed by atoms with Crippen LogP contribution in [0.1, 0.15) is 11.1 Å². The Labute approximate surface area is 134 Å². The summed E-state index contributed by atoms with van der Waals surface area (Å²) in [6, 6.07) is 12.1. The molecule has 1 heterocycles. The van der Waals surface area contributed by atoms with E-state index < -0.39 is 10.0 Å². The van der Waals surface area contributed by atoms with Gasteiger partial charge in [-0.3, -0.25) is 4.72 Å². The van der Waals surface area contributed by atoms with Crippen LogP contribution in [0.4, 0.5) is 5.69 Å². The van der Waals surface area contributed by atoms with E-state index in [0.717, 1.165) is 5.56 Å². The van der Waals surface area contributed by atoms with Gasteiger partial charge in [-0.05, 0) is 54.1 Å².